The van der Waals surface area contributed by atoms with E-state index >= 15 is 0 Å². The SMILES string of the molecule is CC(C)=CCCC(C)=CCCC(C)=CCCC(C)=CCN(C)C1CCCCC1. The first kappa shape index (κ1) is 25.0. The first-order valence-corrected chi connectivity index (χ1v) is 11.7. The molecule has 1 aliphatic carbocycles. The summed E-state index contributed by atoms with van der Waals surface area (Å²) in [4.78, 5) is 2.57. The highest BCUT2D eigenvalue weighted by Crippen LogP contribution is 2.21. The predicted octanol–water partition coefficient (Wildman–Crippen LogP) is 8.40. The van der Waals surface area contributed by atoms with Crippen molar-refractivity contribution >= 4 is 0 Å². The summed E-state index contributed by atoms with van der Waals surface area (Å²) in [7, 11) is 2.30. The van der Waals surface area contributed by atoms with Crippen LogP contribution in [0.25, 0.3) is 0 Å². The van der Waals surface area contributed by atoms with Crippen LogP contribution in [0.3, 0.4) is 0 Å². The van der Waals surface area contributed by atoms with E-state index < -0.39 is 0 Å². The van der Waals surface area contributed by atoms with Crippen LogP contribution in [-0.2, 0) is 0 Å². The maximum Gasteiger partial charge on any atom is 0.0165 e. The number of rotatable bonds is 12. The van der Waals surface area contributed by atoms with Gasteiger partial charge in [-0.05, 0) is 93.0 Å². The third-order valence-electron chi connectivity index (χ3n) is 6.08. The summed E-state index contributed by atoms with van der Waals surface area (Å²) >= 11 is 0. The van der Waals surface area contributed by atoms with E-state index in [1.165, 1.54) is 81.8 Å². The average Bonchev–Trinajstić information content (AvgIpc) is 2.66. The Hall–Kier alpha value is -1.08. The summed E-state index contributed by atoms with van der Waals surface area (Å²) in [6.07, 6.45) is 23.9. The molecule has 0 atom stereocenters. The standard InChI is InChI=1S/C27H47N/c1-23(2)13-10-14-24(3)15-11-16-25(4)17-12-18-26(5)21-22-28(6)27-19-8-7-9-20-27/h13,15,17,21,27H,7-12,14,16,18-20,22H2,1-6H3. The monoisotopic (exact) mass is 385 g/mol. The van der Waals surface area contributed by atoms with Crippen LogP contribution in [0.2, 0.25) is 0 Å². The molecule has 0 amide bonds. The molecular weight excluding hydrogens is 338 g/mol. The van der Waals surface area contributed by atoms with Gasteiger partial charge in [-0.3, -0.25) is 4.90 Å². The van der Waals surface area contributed by atoms with Crippen LogP contribution in [0.4, 0.5) is 0 Å². The van der Waals surface area contributed by atoms with Crippen LogP contribution in [0, 0.1) is 0 Å². The summed E-state index contributed by atoms with van der Waals surface area (Å²) in [5.74, 6) is 0. The molecule has 28 heavy (non-hydrogen) atoms. The molecule has 0 aromatic rings. The molecule has 1 heteroatoms. The van der Waals surface area contributed by atoms with Gasteiger partial charge in [0.25, 0.3) is 0 Å². The molecule has 0 saturated heterocycles. The molecule has 1 aliphatic rings. The van der Waals surface area contributed by atoms with E-state index in [1.54, 1.807) is 11.1 Å². The van der Waals surface area contributed by atoms with Crippen molar-refractivity contribution < 1.29 is 0 Å². The molecule has 0 N–H and O–H groups in total. The van der Waals surface area contributed by atoms with Gasteiger partial charge in [0.15, 0.2) is 0 Å². The highest BCUT2D eigenvalue weighted by molar-refractivity contribution is 5.07. The molecule has 1 saturated carbocycles. The Morgan fingerprint density at radius 2 is 1.14 bits per heavy atom. The third-order valence-corrected chi connectivity index (χ3v) is 6.08. The molecule has 1 fully saturated rings. The normalized spacial score (nSPS) is 17.3. The lowest BCUT2D eigenvalue weighted by Gasteiger charge is -2.30. The molecule has 1 rings (SSSR count). The predicted molar refractivity (Wildman–Crippen MR) is 128 cm³/mol. The maximum atomic E-state index is 2.57. The van der Waals surface area contributed by atoms with Gasteiger partial charge in [0.1, 0.15) is 0 Å². The van der Waals surface area contributed by atoms with E-state index in [4.69, 9.17) is 0 Å². The first-order chi connectivity index (χ1) is 13.4. The van der Waals surface area contributed by atoms with Gasteiger partial charge in [0.2, 0.25) is 0 Å². The zero-order chi connectivity index (χ0) is 20.8. The van der Waals surface area contributed by atoms with Gasteiger partial charge < -0.3 is 0 Å². The fourth-order valence-corrected chi connectivity index (χ4v) is 3.96. The van der Waals surface area contributed by atoms with Crippen LogP contribution in [0.5, 0.6) is 0 Å². The van der Waals surface area contributed by atoms with Gasteiger partial charge in [-0.25, -0.2) is 0 Å². The number of allylic oxidation sites excluding steroid dienone is 7. The minimum Gasteiger partial charge on any atom is -0.300 e. The average molecular weight is 386 g/mol. The fourth-order valence-electron chi connectivity index (χ4n) is 3.96. The molecular formula is C27H47N. The van der Waals surface area contributed by atoms with Gasteiger partial charge in [-0.2, -0.15) is 0 Å². The highest BCUT2D eigenvalue weighted by atomic mass is 15.1. The molecule has 1 nitrogen and oxygen atoms in total. The van der Waals surface area contributed by atoms with Gasteiger partial charge in [-0.15, -0.1) is 0 Å². The fraction of sp³-hybridized carbons (Fsp3) is 0.704. The molecule has 0 heterocycles. The number of hydrogen-bond donors (Lipinski definition) is 0. The zero-order valence-electron chi connectivity index (χ0n) is 19.8. The number of hydrogen-bond acceptors (Lipinski definition) is 1. The van der Waals surface area contributed by atoms with Crippen molar-refractivity contribution in [3.63, 3.8) is 0 Å². The van der Waals surface area contributed by atoms with Gasteiger partial charge in [0.05, 0.1) is 0 Å². The molecule has 0 radical (unpaired) electrons. The summed E-state index contributed by atoms with van der Waals surface area (Å²) in [5, 5.41) is 0. The first-order valence-electron chi connectivity index (χ1n) is 11.7. The van der Waals surface area contributed by atoms with Crippen molar-refractivity contribution in [3.05, 3.63) is 46.6 Å². The minimum atomic E-state index is 0.818. The molecule has 0 aliphatic heterocycles. The number of likely N-dealkylation sites (N-methyl/N-ethyl adjacent to an activating group) is 1. The molecule has 0 unspecified atom stereocenters. The molecule has 160 valence electrons. The molecule has 0 aromatic carbocycles. The van der Waals surface area contributed by atoms with Crippen LogP contribution in [0.15, 0.2) is 46.6 Å². The highest BCUT2D eigenvalue weighted by Gasteiger charge is 2.16. The largest absolute Gasteiger partial charge is 0.300 e. The molecule has 0 aromatic heterocycles. The summed E-state index contributed by atoms with van der Waals surface area (Å²) in [6.45, 7) is 12.4. The van der Waals surface area contributed by atoms with Crippen molar-refractivity contribution in [1.29, 1.82) is 0 Å². The van der Waals surface area contributed by atoms with Gasteiger partial charge in [-0.1, -0.05) is 65.9 Å². The van der Waals surface area contributed by atoms with E-state index in [0.717, 1.165) is 12.6 Å². The molecule has 0 bridgehead atoms. The van der Waals surface area contributed by atoms with E-state index in [-0.39, 0.29) is 0 Å². The zero-order valence-corrected chi connectivity index (χ0v) is 19.8. The summed E-state index contributed by atoms with van der Waals surface area (Å²) in [6, 6.07) is 0.818. The summed E-state index contributed by atoms with van der Waals surface area (Å²) in [5.41, 5.74) is 6.05. The van der Waals surface area contributed by atoms with Crippen molar-refractivity contribution in [3.8, 4) is 0 Å². The lowest BCUT2D eigenvalue weighted by molar-refractivity contribution is 0.209. The Bertz CT molecular complexity index is 537. The third kappa shape index (κ3) is 12.4. The van der Waals surface area contributed by atoms with Crippen molar-refractivity contribution in [2.45, 2.75) is 111 Å². The Labute approximate surface area is 176 Å². The van der Waals surface area contributed by atoms with Crippen molar-refractivity contribution in [1.82, 2.24) is 4.90 Å². The minimum absolute atomic E-state index is 0.818. The second kappa shape index (κ2) is 14.9. The van der Waals surface area contributed by atoms with E-state index in [0.29, 0.717) is 0 Å². The lowest BCUT2D eigenvalue weighted by atomic mass is 9.94. The van der Waals surface area contributed by atoms with E-state index in [9.17, 15) is 0 Å². The van der Waals surface area contributed by atoms with E-state index in [2.05, 4.69) is 70.9 Å². The van der Waals surface area contributed by atoms with E-state index in [1.807, 2.05) is 0 Å². The Morgan fingerprint density at radius 3 is 1.64 bits per heavy atom. The second-order valence-corrected chi connectivity index (χ2v) is 9.28. The van der Waals surface area contributed by atoms with Crippen LogP contribution >= 0.6 is 0 Å². The maximum absolute atomic E-state index is 2.57. The van der Waals surface area contributed by atoms with Gasteiger partial charge >= 0.3 is 0 Å². The quantitative estimate of drug-likeness (QED) is 0.305. The van der Waals surface area contributed by atoms with Crippen molar-refractivity contribution in [2.24, 2.45) is 0 Å². The second-order valence-electron chi connectivity index (χ2n) is 9.28. The van der Waals surface area contributed by atoms with Crippen LogP contribution in [-0.4, -0.2) is 24.5 Å². The van der Waals surface area contributed by atoms with Crippen molar-refractivity contribution in [2.75, 3.05) is 13.6 Å². The summed E-state index contributed by atoms with van der Waals surface area (Å²) < 4.78 is 0. The molecule has 0 spiro atoms. The smallest absolute Gasteiger partial charge is 0.0165 e. The van der Waals surface area contributed by atoms with Gasteiger partial charge in [0, 0.05) is 12.6 Å². The topological polar surface area (TPSA) is 3.24 Å². The Morgan fingerprint density at radius 1 is 0.679 bits per heavy atom. The Balaban J connectivity index is 2.22. The Kier molecular flexibility index (Phi) is 13.2. The van der Waals surface area contributed by atoms with Crippen LogP contribution < -0.4 is 0 Å². The van der Waals surface area contributed by atoms with Crippen LogP contribution in [0.1, 0.15) is 105 Å². The number of nitrogens with zero attached hydrogens (tertiary/aromatic N) is 1. The lowest BCUT2D eigenvalue weighted by Crippen LogP contribution is -2.33.